The zero-order valence-corrected chi connectivity index (χ0v) is 12.0. The van der Waals surface area contributed by atoms with Crippen molar-refractivity contribution in [3.8, 4) is 11.3 Å². The van der Waals surface area contributed by atoms with Gasteiger partial charge in [0.1, 0.15) is 5.76 Å². The molecular weight excluding hydrogens is 395 g/mol. The van der Waals surface area contributed by atoms with Gasteiger partial charge < -0.3 is 4.42 Å². The standard InChI is InChI=1S/C12H5ClF3IO2/c13-9-4-10(17)7(3-8(9)12(14,15)16)11-2-1-6(5-18)19-11/h1-5H. The molecule has 0 atom stereocenters. The number of hydrogen-bond donors (Lipinski definition) is 0. The van der Waals surface area contributed by atoms with Gasteiger partial charge in [0.05, 0.1) is 10.6 Å². The van der Waals surface area contributed by atoms with Gasteiger partial charge in [-0.3, -0.25) is 4.79 Å². The van der Waals surface area contributed by atoms with Gasteiger partial charge in [0.2, 0.25) is 0 Å². The second-order valence-corrected chi connectivity index (χ2v) is 5.20. The van der Waals surface area contributed by atoms with Crippen molar-refractivity contribution < 1.29 is 22.4 Å². The van der Waals surface area contributed by atoms with Crippen molar-refractivity contribution in [2.75, 3.05) is 0 Å². The molecule has 0 amide bonds. The lowest BCUT2D eigenvalue weighted by Crippen LogP contribution is -2.06. The summed E-state index contributed by atoms with van der Waals surface area (Å²) in [5, 5.41) is -0.372. The first-order valence-electron chi connectivity index (χ1n) is 4.94. The molecule has 0 aliphatic heterocycles. The van der Waals surface area contributed by atoms with Gasteiger partial charge >= 0.3 is 6.18 Å². The van der Waals surface area contributed by atoms with Crippen molar-refractivity contribution in [2.45, 2.75) is 6.18 Å². The summed E-state index contributed by atoms with van der Waals surface area (Å²) in [5.74, 6) is 0.239. The van der Waals surface area contributed by atoms with E-state index in [2.05, 4.69) is 0 Å². The van der Waals surface area contributed by atoms with Crippen molar-refractivity contribution in [3.05, 3.63) is 44.2 Å². The highest BCUT2D eigenvalue weighted by atomic mass is 127. The number of hydrogen-bond acceptors (Lipinski definition) is 2. The maximum absolute atomic E-state index is 12.8. The molecule has 1 heterocycles. The van der Waals surface area contributed by atoms with Gasteiger partial charge in [0, 0.05) is 9.13 Å². The van der Waals surface area contributed by atoms with Crippen LogP contribution in [0.1, 0.15) is 16.1 Å². The summed E-state index contributed by atoms with van der Waals surface area (Å²) in [4.78, 5) is 10.5. The summed E-state index contributed by atoms with van der Waals surface area (Å²) in [7, 11) is 0. The van der Waals surface area contributed by atoms with Gasteiger partial charge in [-0.2, -0.15) is 13.2 Å². The molecule has 0 radical (unpaired) electrons. The average Bonchev–Trinajstić information content (AvgIpc) is 2.75. The molecule has 0 bridgehead atoms. The minimum atomic E-state index is -4.55. The van der Waals surface area contributed by atoms with E-state index in [0.717, 1.165) is 6.07 Å². The predicted octanol–water partition coefficient (Wildman–Crippen LogP) is 5.04. The Balaban J connectivity index is 2.60. The van der Waals surface area contributed by atoms with Crippen LogP contribution in [0.4, 0.5) is 13.2 Å². The summed E-state index contributed by atoms with van der Waals surface area (Å²) in [6.07, 6.45) is -4.06. The fourth-order valence-corrected chi connectivity index (χ4v) is 2.70. The van der Waals surface area contributed by atoms with Gasteiger partial charge in [-0.25, -0.2) is 0 Å². The van der Waals surface area contributed by atoms with Crippen LogP contribution in [0.25, 0.3) is 11.3 Å². The third kappa shape index (κ3) is 2.94. The Kier molecular flexibility index (Phi) is 3.91. The van der Waals surface area contributed by atoms with Crippen LogP contribution in [0.3, 0.4) is 0 Å². The molecular formula is C12H5ClF3IO2. The Labute approximate surface area is 124 Å². The number of carbonyl (C=O) groups is 1. The number of alkyl halides is 3. The molecule has 1 aromatic carbocycles. The number of rotatable bonds is 2. The van der Waals surface area contributed by atoms with Crippen molar-refractivity contribution in [3.63, 3.8) is 0 Å². The lowest BCUT2D eigenvalue weighted by molar-refractivity contribution is -0.137. The van der Waals surface area contributed by atoms with Gasteiger partial charge in [0.15, 0.2) is 12.0 Å². The van der Waals surface area contributed by atoms with Crippen LogP contribution in [0.15, 0.2) is 28.7 Å². The molecule has 100 valence electrons. The van der Waals surface area contributed by atoms with Crippen LogP contribution in [0.5, 0.6) is 0 Å². The third-order valence-corrected chi connectivity index (χ3v) is 3.58. The molecule has 0 saturated heterocycles. The van der Waals surface area contributed by atoms with Crippen molar-refractivity contribution in [2.24, 2.45) is 0 Å². The highest BCUT2D eigenvalue weighted by Gasteiger charge is 2.34. The van der Waals surface area contributed by atoms with E-state index >= 15 is 0 Å². The number of furan rings is 1. The lowest BCUT2D eigenvalue weighted by atomic mass is 10.1. The molecule has 1 aromatic heterocycles. The summed E-state index contributed by atoms with van der Waals surface area (Å²) >= 11 is 7.45. The lowest BCUT2D eigenvalue weighted by Gasteiger charge is -2.11. The quantitative estimate of drug-likeness (QED) is 0.522. The Morgan fingerprint density at radius 1 is 1.26 bits per heavy atom. The highest BCUT2D eigenvalue weighted by Crippen LogP contribution is 2.39. The van der Waals surface area contributed by atoms with Crippen LogP contribution < -0.4 is 0 Å². The summed E-state index contributed by atoms with van der Waals surface area (Å²) in [6.45, 7) is 0. The minimum absolute atomic E-state index is 0.0503. The van der Waals surface area contributed by atoms with Gasteiger partial charge in [0.25, 0.3) is 0 Å². The maximum Gasteiger partial charge on any atom is 0.417 e. The van der Waals surface area contributed by atoms with Crippen LogP contribution in [-0.2, 0) is 6.18 Å². The Morgan fingerprint density at radius 3 is 2.47 bits per heavy atom. The molecule has 0 saturated carbocycles. The van der Waals surface area contributed by atoms with E-state index in [1.54, 1.807) is 0 Å². The molecule has 0 spiro atoms. The molecule has 2 nitrogen and oxygen atoms in total. The van der Waals surface area contributed by atoms with E-state index in [-0.39, 0.29) is 22.1 Å². The van der Waals surface area contributed by atoms with Crippen LogP contribution >= 0.6 is 34.2 Å². The average molecular weight is 401 g/mol. The summed E-state index contributed by atoms with van der Waals surface area (Å²) in [6, 6.07) is 4.95. The molecule has 2 aromatic rings. The molecule has 0 unspecified atom stereocenters. The van der Waals surface area contributed by atoms with E-state index in [9.17, 15) is 18.0 Å². The zero-order valence-electron chi connectivity index (χ0n) is 9.09. The molecule has 0 N–H and O–H groups in total. The fourth-order valence-electron chi connectivity index (χ4n) is 1.52. The van der Waals surface area contributed by atoms with Gasteiger partial charge in [-0.15, -0.1) is 0 Å². The second kappa shape index (κ2) is 5.16. The normalized spacial score (nSPS) is 11.6. The van der Waals surface area contributed by atoms with Crippen LogP contribution in [-0.4, -0.2) is 6.29 Å². The molecule has 2 rings (SSSR count). The van der Waals surface area contributed by atoms with Crippen LogP contribution in [0, 0.1) is 3.57 Å². The van der Waals surface area contributed by atoms with Crippen molar-refractivity contribution in [1.82, 2.24) is 0 Å². The Bertz CT molecular complexity index is 634. The summed E-state index contributed by atoms with van der Waals surface area (Å²) < 4.78 is 43.9. The second-order valence-electron chi connectivity index (χ2n) is 3.63. The first-order valence-corrected chi connectivity index (χ1v) is 6.40. The number of benzene rings is 1. The van der Waals surface area contributed by atoms with Crippen molar-refractivity contribution in [1.29, 1.82) is 0 Å². The fraction of sp³-hybridized carbons (Fsp3) is 0.0833. The smallest absolute Gasteiger partial charge is 0.417 e. The maximum atomic E-state index is 12.8. The largest absolute Gasteiger partial charge is 0.453 e. The third-order valence-electron chi connectivity index (χ3n) is 2.37. The Hall–Kier alpha value is -1.02. The van der Waals surface area contributed by atoms with E-state index in [4.69, 9.17) is 16.0 Å². The number of carbonyl (C=O) groups excluding carboxylic acids is 1. The van der Waals surface area contributed by atoms with Crippen molar-refractivity contribution >= 4 is 40.5 Å². The minimum Gasteiger partial charge on any atom is -0.453 e. The van der Waals surface area contributed by atoms with E-state index in [0.29, 0.717) is 9.86 Å². The molecule has 0 aliphatic rings. The number of halogens is 5. The predicted molar refractivity (Wildman–Crippen MR) is 72.3 cm³/mol. The molecule has 0 aliphatic carbocycles. The Morgan fingerprint density at radius 2 is 1.95 bits per heavy atom. The number of aldehydes is 1. The SMILES string of the molecule is O=Cc1ccc(-c2cc(C(F)(F)F)c(Cl)cc2I)o1. The molecule has 0 fully saturated rings. The van der Waals surface area contributed by atoms with Gasteiger partial charge in [-0.1, -0.05) is 11.6 Å². The first-order chi connectivity index (χ1) is 8.82. The van der Waals surface area contributed by atoms with E-state index in [1.807, 2.05) is 22.6 Å². The summed E-state index contributed by atoms with van der Waals surface area (Å²) in [5.41, 5.74) is -0.695. The van der Waals surface area contributed by atoms with Gasteiger partial charge in [-0.05, 0) is 46.9 Å². The van der Waals surface area contributed by atoms with E-state index in [1.165, 1.54) is 18.2 Å². The molecule has 7 heteroatoms. The topological polar surface area (TPSA) is 30.2 Å². The monoisotopic (exact) mass is 400 g/mol. The highest BCUT2D eigenvalue weighted by molar-refractivity contribution is 14.1. The zero-order chi connectivity index (χ0) is 14.2. The van der Waals surface area contributed by atoms with E-state index < -0.39 is 11.7 Å². The first kappa shape index (κ1) is 14.4. The van der Waals surface area contributed by atoms with Crippen LogP contribution in [0.2, 0.25) is 5.02 Å². The molecule has 19 heavy (non-hydrogen) atoms.